The molecule has 0 bridgehead atoms. The van der Waals surface area contributed by atoms with E-state index in [0.717, 1.165) is 49.9 Å². The van der Waals surface area contributed by atoms with Gasteiger partial charge in [-0.25, -0.2) is 15.0 Å². The summed E-state index contributed by atoms with van der Waals surface area (Å²) in [6.07, 6.45) is 3.67. The SMILES string of the molecule is CCNC(=NCc1nc(-c2ccco2)n[nH]1)NC1CCN(c2cccc(C)n2)CC1.I. The van der Waals surface area contributed by atoms with E-state index in [-0.39, 0.29) is 24.0 Å². The maximum absolute atomic E-state index is 5.33. The van der Waals surface area contributed by atoms with E-state index in [1.54, 1.807) is 6.26 Å². The fourth-order valence-electron chi connectivity index (χ4n) is 3.51. The summed E-state index contributed by atoms with van der Waals surface area (Å²) in [6.45, 7) is 7.25. The number of nitrogens with one attached hydrogen (secondary N) is 3. The predicted octanol–water partition coefficient (Wildman–Crippen LogP) is 3.11. The van der Waals surface area contributed by atoms with Crippen LogP contribution in [0.15, 0.2) is 46.0 Å². The monoisotopic (exact) mass is 536 g/mol. The highest BCUT2D eigenvalue weighted by Gasteiger charge is 2.21. The van der Waals surface area contributed by atoms with Crippen molar-refractivity contribution in [2.24, 2.45) is 4.99 Å². The maximum Gasteiger partial charge on any atom is 0.216 e. The van der Waals surface area contributed by atoms with Gasteiger partial charge in [-0.2, -0.15) is 0 Å². The number of pyridine rings is 1. The molecule has 0 amide bonds. The van der Waals surface area contributed by atoms with E-state index in [4.69, 9.17) is 4.42 Å². The number of aromatic amines is 1. The summed E-state index contributed by atoms with van der Waals surface area (Å²) in [7, 11) is 0. The molecule has 9 nitrogen and oxygen atoms in total. The number of nitrogens with zero attached hydrogens (tertiary/aromatic N) is 5. The molecule has 0 atom stereocenters. The number of anilines is 1. The van der Waals surface area contributed by atoms with Gasteiger partial charge < -0.3 is 20.0 Å². The number of H-pyrrole nitrogens is 1. The lowest BCUT2D eigenvalue weighted by Gasteiger charge is -2.34. The second-order valence-corrected chi connectivity index (χ2v) is 7.32. The molecular weight excluding hydrogens is 507 g/mol. The van der Waals surface area contributed by atoms with Crippen LogP contribution >= 0.6 is 24.0 Å². The Bertz CT molecular complexity index is 963. The van der Waals surface area contributed by atoms with Crippen LogP contribution in [0.1, 0.15) is 31.3 Å². The topological polar surface area (TPSA) is 107 Å². The van der Waals surface area contributed by atoms with Crippen LogP contribution in [0.2, 0.25) is 0 Å². The van der Waals surface area contributed by atoms with Crippen LogP contribution in [-0.2, 0) is 6.54 Å². The second-order valence-electron chi connectivity index (χ2n) is 7.32. The lowest BCUT2D eigenvalue weighted by Crippen LogP contribution is -2.49. The lowest BCUT2D eigenvalue weighted by molar-refractivity contribution is 0.459. The van der Waals surface area contributed by atoms with Gasteiger partial charge in [0.1, 0.15) is 18.2 Å². The highest BCUT2D eigenvalue weighted by molar-refractivity contribution is 14.0. The minimum absolute atomic E-state index is 0. The molecule has 0 spiro atoms. The first-order valence-electron chi connectivity index (χ1n) is 10.4. The smallest absolute Gasteiger partial charge is 0.216 e. The van der Waals surface area contributed by atoms with E-state index in [1.807, 2.05) is 25.1 Å². The highest BCUT2D eigenvalue weighted by atomic mass is 127. The molecule has 0 saturated carbocycles. The summed E-state index contributed by atoms with van der Waals surface area (Å²) >= 11 is 0. The Balaban J connectivity index is 0.00000272. The van der Waals surface area contributed by atoms with Crippen LogP contribution in [0.5, 0.6) is 0 Å². The van der Waals surface area contributed by atoms with Crippen molar-refractivity contribution in [3.8, 4) is 11.6 Å². The number of halogens is 1. The molecule has 4 heterocycles. The molecular formula is C21H29IN8O. The molecule has 0 aromatic carbocycles. The molecule has 0 radical (unpaired) electrons. The Kier molecular flexibility index (Phi) is 8.27. The summed E-state index contributed by atoms with van der Waals surface area (Å²) in [5.74, 6) is 3.73. The molecule has 0 aliphatic carbocycles. The van der Waals surface area contributed by atoms with Crippen molar-refractivity contribution in [1.29, 1.82) is 0 Å². The van der Waals surface area contributed by atoms with Gasteiger partial charge in [0.25, 0.3) is 0 Å². The van der Waals surface area contributed by atoms with Gasteiger partial charge in [0, 0.05) is 31.4 Å². The van der Waals surface area contributed by atoms with Crippen molar-refractivity contribution in [2.45, 2.75) is 39.3 Å². The van der Waals surface area contributed by atoms with E-state index in [9.17, 15) is 0 Å². The Morgan fingerprint density at radius 3 is 2.77 bits per heavy atom. The van der Waals surface area contributed by atoms with E-state index >= 15 is 0 Å². The molecule has 31 heavy (non-hydrogen) atoms. The first-order valence-corrected chi connectivity index (χ1v) is 10.4. The van der Waals surface area contributed by atoms with Crippen molar-refractivity contribution in [3.63, 3.8) is 0 Å². The van der Waals surface area contributed by atoms with Gasteiger partial charge in [-0.15, -0.1) is 29.1 Å². The number of aryl methyl sites for hydroxylation is 1. The second kappa shape index (κ2) is 11.1. The molecule has 3 N–H and O–H groups in total. The maximum atomic E-state index is 5.33. The Hall–Kier alpha value is -2.63. The number of rotatable bonds is 6. The number of aliphatic imine (C=N–C) groups is 1. The van der Waals surface area contributed by atoms with Crippen LogP contribution < -0.4 is 15.5 Å². The Morgan fingerprint density at radius 2 is 2.06 bits per heavy atom. The van der Waals surface area contributed by atoms with Crippen molar-refractivity contribution in [2.75, 3.05) is 24.5 Å². The standard InChI is InChI=1S/C21H28N8O.HI/c1-3-22-21(23-14-18-26-20(28-27-18)17-7-5-13-30-17)25-16-9-11-29(12-10-16)19-8-4-6-15(2)24-19;/h4-8,13,16H,3,9-12,14H2,1-2H3,(H2,22,23,25)(H,26,27,28);1H. The molecule has 1 fully saturated rings. The van der Waals surface area contributed by atoms with Gasteiger partial charge in [0.15, 0.2) is 11.7 Å². The van der Waals surface area contributed by atoms with Crippen molar-refractivity contribution < 1.29 is 4.42 Å². The molecule has 0 unspecified atom stereocenters. The summed E-state index contributed by atoms with van der Waals surface area (Å²) in [5.41, 5.74) is 1.05. The van der Waals surface area contributed by atoms with Gasteiger partial charge in [-0.3, -0.25) is 5.10 Å². The number of hydrogen-bond donors (Lipinski definition) is 3. The zero-order chi connectivity index (χ0) is 20.8. The van der Waals surface area contributed by atoms with Crippen LogP contribution in [0.4, 0.5) is 5.82 Å². The Labute approximate surface area is 199 Å². The van der Waals surface area contributed by atoms with Gasteiger partial charge in [-0.1, -0.05) is 6.07 Å². The third-order valence-electron chi connectivity index (χ3n) is 5.04. The van der Waals surface area contributed by atoms with Gasteiger partial charge in [-0.05, 0) is 51.0 Å². The van der Waals surface area contributed by atoms with Crippen LogP contribution in [-0.4, -0.2) is 51.8 Å². The average Bonchev–Trinajstić information content (AvgIpc) is 3.45. The van der Waals surface area contributed by atoms with E-state index in [1.165, 1.54) is 0 Å². The molecule has 3 aromatic heterocycles. The normalized spacial score (nSPS) is 14.9. The molecule has 1 saturated heterocycles. The molecule has 1 aliphatic heterocycles. The lowest BCUT2D eigenvalue weighted by atomic mass is 10.1. The van der Waals surface area contributed by atoms with Crippen LogP contribution in [0.25, 0.3) is 11.6 Å². The van der Waals surface area contributed by atoms with Crippen molar-refractivity contribution in [1.82, 2.24) is 30.8 Å². The van der Waals surface area contributed by atoms with Crippen LogP contribution in [0.3, 0.4) is 0 Å². The fourth-order valence-corrected chi connectivity index (χ4v) is 3.51. The van der Waals surface area contributed by atoms with Crippen molar-refractivity contribution in [3.05, 3.63) is 48.1 Å². The number of guanidine groups is 1. The summed E-state index contributed by atoms with van der Waals surface area (Å²) in [5, 5.41) is 14.0. The number of furan rings is 1. The minimum Gasteiger partial charge on any atom is -0.461 e. The zero-order valence-electron chi connectivity index (χ0n) is 17.8. The quantitative estimate of drug-likeness (QED) is 0.253. The Morgan fingerprint density at radius 1 is 1.23 bits per heavy atom. The third-order valence-corrected chi connectivity index (χ3v) is 5.04. The fraction of sp³-hybridized carbons (Fsp3) is 0.429. The van der Waals surface area contributed by atoms with E-state index < -0.39 is 0 Å². The van der Waals surface area contributed by atoms with E-state index in [2.05, 4.69) is 59.7 Å². The minimum atomic E-state index is 0. The first kappa shape index (κ1) is 23.0. The van der Waals surface area contributed by atoms with Crippen molar-refractivity contribution >= 4 is 35.8 Å². The first-order chi connectivity index (χ1) is 14.7. The van der Waals surface area contributed by atoms with Gasteiger partial charge in [0.2, 0.25) is 5.82 Å². The van der Waals surface area contributed by atoms with Crippen LogP contribution in [0, 0.1) is 6.92 Å². The van der Waals surface area contributed by atoms with Gasteiger partial charge >= 0.3 is 0 Å². The highest BCUT2D eigenvalue weighted by Crippen LogP contribution is 2.18. The predicted molar refractivity (Wildman–Crippen MR) is 132 cm³/mol. The number of piperidine rings is 1. The molecule has 4 rings (SSSR count). The average molecular weight is 536 g/mol. The number of aromatic nitrogens is 4. The third kappa shape index (κ3) is 6.18. The largest absolute Gasteiger partial charge is 0.461 e. The summed E-state index contributed by atoms with van der Waals surface area (Å²) in [6, 6.07) is 10.2. The van der Waals surface area contributed by atoms with E-state index in [0.29, 0.717) is 30.0 Å². The van der Waals surface area contributed by atoms with Gasteiger partial charge in [0.05, 0.1) is 6.26 Å². The molecule has 166 valence electrons. The number of hydrogen-bond acceptors (Lipinski definition) is 6. The molecule has 3 aromatic rings. The molecule has 1 aliphatic rings. The summed E-state index contributed by atoms with van der Waals surface area (Å²) in [4.78, 5) is 16.1. The zero-order valence-corrected chi connectivity index (χ0v) is 20.2. The molecule has 10 heteroatoms. The summed E-state index contributed by atoms with van der Waals surface area (Å²) < 4.78 is 5.33.